The molecule has 0 radical (unpaired) electrons. The van der Waals surface area contributed by atoms with Gasteiger partial charge in [-0.05, 0) is 39.0 Å². The predicted octanol–water partition coefficient (Wildman–Crippen LogP) is 1.45. The molecule has 1 N–H and O–H groups in total. The van der Waals surface area contributed by atoms with E-state index >= 15 is 0 Å². The molecule has 2 saturated heterocycles. The van der Waals surface area contributed by atoms with Crippen molar-refractivity contribution in [3.8, 4) is 0 Å². The Hall–Kier alpha value is -0.570. The molecule has 7 heteroatoms. The number of carbonyl (C=O) groups is 1. The van der Waals surface area contributed by atoms with Crippen LogP contribution in [0.1, 0.15) is 39.0 Å². The van der Waals surface area contributed by atoms with Crippen LogP contribution in [0.2, 0.25) is 0 Å². The average molecular weight is 436 g/mol. The Kier molecular flexibility index (Phi) is 7.39. The van der Waals surface area contributed by atoms with Crippen LogP contribution >= 0.6 is 24.0 Å². The second-order valence-electron chi connectivity index (χ2n) is 6.38. The molecule has 3 fully saturated rings. The number of halogens is 1. The topological polar surface area (TPSA) is 57.2 Å². The predicted molar refractivity (Wildman–Crippen MR) is 101 cm³/mol. The number of nitrogens with zero attached hydrogens (tertiary/aromatic N) is 3. The summed E-state index contributed by atoms with van der Waals surface area (Å²) >= 11 is 0. The molecular formula is C16H29IN4O2. The minimum atomic E-state index is -0.191. The summed E-state index contributed by atoms with van der Waals surface area (Å²) in [5, 5.41) is 3.57. The maximum atomic E-state index is 12.4. The van der Waals surface area contributed by atoms with E-state index in [0.29, 0.717) is 6.04 Å². The molecule has 6 nitrogen and oxygen atoms in total. The Morgan fingerprint density at radius 2 is 1.83 bits per heavy atom. The minimum Gasteiger partial charge on any atom is -0.368 e. The molecule has 1 amide bonds. The van der Waals surface area contributed by atoms with Crippen molar-refractivity contribution in [3.63, 3.8) is 0 Å². The highest BCUT2D eigenvalue weighted by Crippen LogP contribution is 2.19. The molecule has 0 bridgehead atoms. The summed E-state index contributed by atoms with van der Waals surface area (Å²) in [5.74, 6) is 1.20. The van der Waals surface area contributed by atoms with Crippen LogP contribution in [0, 0.1) is 0 Å². The third-order valence-corrected chi connectivity index (χ3v) is 4.84. The second-order valence-corrected chi connectivity index (χ2v) is 6.38. The Morgan fingerprint density at radius 1 is 1.13 bits per heavy atom. The lowest BCUT2D eigenvalue weighted by atomic mass is 9.93. The van der Waals surface area contributed by atoms with Crippen LogP contribution < -0.4 is 5.32 Å². The number of hydrogen-bond donors (Lipinski definition) is 1. The smallest absolute Gasteiger partial charge is 0.251 e. The summed E-state index contributed by atoms with van der Waals surface area (Å²) in [6.45, 7) is 6.86. The zero-order valence-corrected chi connectivity index (χ0v) is 16.3. The summed E-state index contributed by atoms with van der Waals surface area (Å²) in [4.78, 5) is 21.2. The van der Waals surface area contributed by atoms with Gasteiger partial charge in [-0.1, -0.05) is 0 Å². The first kappa shape index (κ1) is 18.8. The van der Waals surface area contributed by atoms with Crippen molar-refractivity contribution in [1.29, 1.82) is 0 Å². The van der Waals surface area contributed by atoms with Crippen LogP contribution in [0.3, 0.4) is 0 Å². The van der Waals surface area contributed by atoms with Crippen molar-refractivity contribution in [2.75, 3.05) is 39.3 Å². The molecule has 1 atom stereocenters. The van der Waals surface area contributed by atoms with Gasteiger partial charge < -0.3 is 19.9 Å². The lowest BCUT2D eigenvalue weighted by Gasteiger charge is -2.39. The van der Waals surface area contributed by atoms with E-state index in [1.54, 1.807) is 0 Å². The maximum absolute atomic E-state index is 12.4. The number of aliphatic imine (C=N–C) groups is 1. The van der Waals surface area contributed by atoms with E-state index in [2.05, 4.69) is 22.1 Å². The third kappa shape index (κ3) is 4.71. The van der Waals surface area contributed by atoms with Gasteiger partial charge >= 0.3 is 0 Å². The monoisotopic (exact) mass is 436 g/mol. The minimum absolute atomic E-state index is 0. The summed E-state index contributed by atoms with van der Waals surface area (Å²) in [6, 6.07) is 0.594. The first-order valence-corrected chi connectivity index (χ1v) is 8.74. The van der Waals surface area contributed by atoms with Gasteiger partial charge in [-0.2, -0.15) is 0 Å². The molecule has 0 aromatic carbocycles. The number of hydrogen-bond acceptors (Lipinski definition) is 3. The van der Waals surface area contributed by atoms with Crippen molar-refractivity contribution in [3.05, 3.63) is 0 Å². The van der Waals surface area contributed by atoms with E-state index in [-0.39, 0.29) is 36.0 Å². The van der Waals surface area contributed by atoms with E-state index in [1.807, 2.05) is 4.90 Å². The van der Waals surface area contributed by atoms with Crippen LogP contribution in [0.5, 0.6) is 0 Å². The fourth-order valence-corrected chi connectivity index (χ4v) is 3.24. The van der Waals surface area contributed by atoms with Gasteiger partial charge in [0, 0.05) is 45.4 Å². The first-order valence-electron chi connectivity index (χ1n) is 8.74. The van der Waals surface area contributed by atoms with E-state index in [0.717, 1.165) is 58.1 Å². The quantitative estimate of drug-likeness (QED) is 0.414. The highest BCUT2D eigenvalue weighted by Gasteiger charge is 2.31. The van der Waals surface area contributed by atoms with Gasteiger partial charge in [0.25, 0.3) is 5.91 Å². The lowest BCUT2D eigenvalue weighted by molar-refractivity contribution is -0.142. The number of rotatable bonds is 3. The Labute approximate surface area is 156 Å². The first-order chi connectivity index (χ1) is 10.8. The molecule has 2 aliphatic heterocycles. The normalized spacial score (nSPS) is 25.8. The summed E-state index contributed by atoms with van der Waals surface area (Å²) < 4.78 is 5.51. The molecule has 3 aliphatic rings. The van der Waals surface area contributed by atoms with Gasteiger partial charge in [-0.25, -0.2) is 0 Å². The summed E-state index contributed by atoms with van der Waals surface area (Å²) in [6.07, 6.45) is 5.52. The molecular weight excluding hydrogens is 407 g/mol. The van der Waals surface area contributed by atoms with E-state index in [4.69, 9.17) is 4.74 Å². The number of amides is 1. The van der Waals surface area contributed by atoms with Gasteiger partial charge in [0.1, 0.15) is 6.10 Å². The number of piperazine rings is 1. The number of guanidine groups is 1. The fraction of sp³-hybridized carbons (Fsp3) is 0.875. The van der Waals surface area contributed by atoms with Crippen molar-refractivity contribution in [2.24, 2.45) is 4.99 Å². The molecule has 1 unspecified atom stereocenters. The van der Waals surface area contributed by atoms with Crippen LogP contribution in [0.25, 0.3) is 0 Å². The van der Waals surface area contributed by atoms with Crippen LogP contribution in [0.4, 0.5) is 0 Å². The number of nitrogens with one attached hydrogen (secondary N) is 1. The molecule has 2 heterocycles. The molecule has 132 valence electrons. The van der Waals surface area contributed by atoms with Crippen molar-refractivity contribution >= 4 is 35.8 Å². The Bertz CT molecular complexity index is 414. The van der Waals surface area contributed by atoms with E-state index in [1.165, 1.54) is 19.3 Å². The van der Waals surface area contributed by atoms with Crippen molar-refractivity contribution in [2.45, 2.75) is 51.2 Å². The van der Waals surface area contributed by atoms with E-state index < -0.39 is 0 Å². The average Bonchev–Trinajstić information content (AvgIpc) is 3.03. The highest BCUT2D eigenvalue weighted by molar-refractivity contribution is 14.0. The van der Waals surface area contributed by atoms with Crippen molar-refractivity contribution in [1.82, 2.24) is 15.1 Å². The Balaban J connectivity index is 0.00000192. The highest BCUT2D eigenvalue weighted by atomic mass is 127. The summed E-state index contributed by atoms with van der Waals surface area (Å²) in [5.41, 5.74) is 0. The van der Waals surface area contributed by atoms with Crippen LogP contribution in [-0.4, -0.2) is 73.1 Å². The molecule has 0 aromatic heterocycles. The van der Waals surface area contributed by atoms with Gasteiger partial charge in [0.05, 0.1) is 0 Å². The zero-order valence-electron chi connectivity index (χ0n) is 14.0. The standard InChI is InChI=1S/C16H28N4O2.HI/c1-2-17-16(18-13-5-3-6-13)20-10-8-19(9-11-20)15(21)14-7-4-12-22-14;/h13-14H,2-12H2,1H3,(H,17,18);1H. The zero-order chi connectivity index (χ0) is 15.4. The molecule has 0 aromatic rings. The lowest BCUT2D eigenvalue weighted by Crippen LogP contribution is -2.57. The molecule has 23 heavy (non-hydrogen) atoms. The van der Waals surface area contributed by atoms with Crippen molar-refractivity contribution < 1.29 is 9.53 Å². The van der Waals surface area contributed by atoms with E-state index in [9.17, 15) is 4.79 Å². The molecule has 1 aliphatic carbocycles. The maximum Gasteiger partial charge on any atom is 0.251 e. The number of ether oxygens (including phenoxy) is 1. The van der Waals surface area contributed by atoms with Gasteiger partial charge in [-0.15, -0.1) is 24.0 Å². The SMILES string of the molecule is CCN=C(NC1CCC1)N1CCN(C(=O)C2CCCO2)CC1.I. The largest absolute Gasteiger partial charge is 0.368 e. The second kappa shape index (κ2) is 9.05. The Morgan fingerprint density at radius 3 is 2.35 bits per heavy atom. The number of carbonyl (C=O) groups excluding carboxylic acids is 1. The van der Waals surface area contributed by atoms with Crippen LogP contribution in [-0.2, 0) is 9.53 Å². The summed E-state index contributed by atoms with van der Waals surface area (Å²) in [7, 11) is 0. The van der Waals surface area contributed by atoms with Gasteiger partial charge in [-0.3, -0.25) is 9.79 Å². The molecule has 1 saturated carbocycles. The third-order valence-electron chi connectivity index (χ3n) is 4.84. The van der Waals surface area contributed by atoms with Gasteiger partial charge in [0.15, 0.2) is 5.96 Å². The fourth-order valence-electron chi connectivity index (χ4n) is 3.24. The molecule has 3 rings (SSSR count). The van der Waals surface area contributed by atoms with Gasteiger partial charge in [0.2, 0.25) is 0 Å². The van der Waals surface area contributed by atoms with Crippen LogP contribution in [0.15, 0.2) is 4.99 Å². The molecule has 0 spiro atoms.